The number of ether oxygens (including phenoxy) is 1. The van der Waals surface area contributed by atoms with Gasteiger partial charge in [0.1, 0.15) is 5.60 Å². The Morgan fingerprint density at radius 1 is 1.32 bits per heavy atom. The number of hydrogen-bond acceptors (Lipinski definition) is 4. The van der Waals surface area contributed by atoms with E-state index in [0.29, 0.717) is 11.3 Å². The second-order valence-electron chi connectivity index (χ2n) is 6.24. The van der Waals surface area contributed by atoms with E-state index >= 15 is 0 Å². The first kappa shape index (κ1) is 18.1. The number of carbonyl (C=O) groups is 2. The molecule has 6 nitrogen and oxygen atoms in total. The summed E-state index contributed by atoms with van der Waals surface area (Å²) in [6.45, 7) is 6.71. The topological polar surface area (TPSA) is 102 Å². The maximum absolute atomic E-state index is 12.0. The van der Waals surface area contributed by atoms with E-state index in [2.05, 4.69) is 5.32 Å². The molecular formula is C15H21ClN2O4. The Hall–Kier alpha value is -1.95. The Balaban J connectivity index is 3.18. The molecule has 0 aliphatic carbocycles. The maximum Gasteiger partial charge on any atom is 0.408 e. The number of halogens is 1. The number of rotatable bonds is 4. The molecule has 0 aliphatic rings. The first-order valence-corrected chi connectivity index (χ1v) is 7.10. The molecule has 0 heterocycles. The molecule has 0 bridgehead atoms. The molecule has 7 heteroatoms. The lowest BCUT2D eigenvalue weighted by atomic mass is 9.88. The monoisotopic (exact) mass is 328 g/mol. The molecule has 1 aromatic carbocycles. The van der Waals surface area contributed by atoms with Gasteiger partial charge in [0.15, 0.2) is 0 Å². The van der Waals surface area contributed by atoms with Gasteiger partial charge in [-0.2, -0.15) is 0 Å². The van der Waals surface area contributed by atoms with Crippen LogP contribution < -0.4 is 11.1 Å². The Morgan fingerprint density at radius 3 is 2.41 bits per heavy atom. The highest BCUT2D eigenvalue weighted by molar-refractivity contribution is 6.34. The molecule has 22 heavy (non-hydrogen) atoms. The molecule has 122 valence electrons. The number of nitrogen functional groups attached to an aromatic ring is 1. The molecule has 4 N–H and O–H groups in total. The molecule has 0 spiro atoms. The number of amides is 1. The summed E-state index contributed by atoms with van der Waals surface area (Å²) in [4.78, 5) is 23.2. The molecule has 0 radical (unpaired) electrons. The van der Waals surface area contributed by atoms with Gasteiger partial charge >= 0.3 is 12.1 Å². The second kappa shape index (κ2) is 6.44. The lowest BCUT2D eigenvalue weighted by Gasteiger charge is -2.32. The van der Waals surface area contributed by atoms with Crippen LogP contribution in [0, 0.1) is 0 Å². The first-order chi connectivity index (χ1) is 9.94. The zero-order valence-corrected chi connectivity index (χ0v) is 13.8. The average molecular weight is 329 g/mol. The molecule has 0 aromatic heterocycles. The fourth-order valence-electron chi connectivity index (χ4n) is 2.01. The van der Waals surface area contributed by atoms with E-state index in [1.54, 1.807) is 45.9 Å². The Morgan fingerprint density at radius 2 is 1.91 bits per heavy atom. The van der Waals surface area contributed by atoms with Crippen LogP contribution in [0.3, 0.4) is 0 Å². The number of nitrogens with two attached hydrogens (primary N) is 1. The van der Waals surface area contributed by atoms with Gasteiger partial charge in [0.05, 0.1) is 22.7 Å². The van der Waals surface area contributed by atoms with Crippen LogP contribution in [0.15, 0.2) is 18.2 Å². The second-order valence-corrected chi connectivity index (χ2v) is 6.62. The number of hydrogen-bond donors (Lipinski definition) is 3. The van der Waals surface area contributed by atoms with E-state index in [1.807, 2.05) is 0 Å². The summed E-state index contributed by atoms with van der Waals surface area (Å²) in [5.74, 6) is -1.09. The third-order valence-electron chi connectivity index (χ3n) is 2.90. The number of anilines is 1. The van der Waals surface area contributed by atoms with Crippen molar-refractivity contribution in [3.63, 3.8) is 0 Å². The minimum Gasteiger partial charge on any atom is -0.481 e. The van der Waals surface area contributed by atoms with Gasteiger partial charge < -0.3 is 20.9 Å². The van der Waals surface area contributed by atoms with Gasteiger partial charge in [-0.1, -0.05) is 23.7 Å². The van der Waals surface area contributed by atoms with Gasteiger partial charge in [0.25, 0.3) is 0 Å². The fraction of sp³-hybridized carbons (Fsp3) is 0.467. The van der Waals surface area contributed by atoms with Crippen LogP contribution in [0.1, 0.15) is 39.7 Å². The maximum atomic E-state index is 12.0. The Labute approximate surface area is 134 Å². The van der Waals surface area contributed by atoms with Crippen LogP contribution in [-0.2, 0) is 15.1 Å². The first-order valence-electron chi connectivity index (χ1n) is 6.72. The highest BCUT2D eigenvalue weighted by Gasteiger charge is 2.35. The molecular weight excluding hydrogens is 308 g/mol. The molecule has 0 saturated carbocycles. The minimum absolute atomic E-state index is 0.210. The summed E-state index contributed by atoms with van der Waals surface area (Å²) in [6, 6.07) is 4.87. The van der Waals surface area contributed by atoms with Crippen molar-refractivity contribution in [1.82, 2.24) is 5.32 Å². The van der Waals surface area contributed by atoms with Crippen molar-refractivity contribution in [2.24, 2.45) is 0 Å². The van der Waals surface area contributed by atoms with E-state index in [9.17, 15) is 9.59 Å². The molecule has 1 amide bonds. The average Bonchev–Trinajstić information content (AvgIpc) is 2.28. The number of nitrogens with one attached hydrogen (secondary N) is 1. The molecule has 0 unspecified atom stereocenters. The van der Waals surface area contributed by atoms with Crippen molar-refractivity contribution < 1.29 is 19.4 Å². The predicted molar refractivity (Wildman–Crippen MR) is 84.8 cm³/mol. The van der Waals surface area contributed by atoms with E-state index < -0.39 is 23.2 Å². The standard InChI is InChI=1S/C15H21ClN2O4/c1-14(2,3)22-13(21)18-15(4,8-11(19)20)9-6-5-7-10(17)12(9)16/h5-7H,8,17H2,1-4H3,(H,18,21)(H,19,20)/t15-/m0/s1. The largest absolute Gasteiger partial charge is 0.481 e. The highest BCUT2D eigenvalue weighted by atomic mass is 35.5. The summed E-state index contributed by atoms with van der Waals surface area (Å²) >= 11 is 6.17. The number of carboxylic acid groups (broad SMARTS) is 1. The summed E-state index contributed by atoms with van der Waals surface area (Å²) in [5.41, 5.74) is 4.53. The van der Waals surface area contributed by atoms with E-state index in [-0.39, 0.29) is 11.4 Å². The van der Waals surface area contributed by atoms with E-state index in [0.717, 1.165) is 0 Å². The van der Waals surface area contributed by atoms with Gasteiger partial charge in [-0.3, -0.25) is 4.79 Å². The van der Waals surface area contributed by atoms with Crippen molar-refractivity contribution in [1.29, 1.82) is 0 Å². The van der Waals surface area contributed by atoms with Crippen molar-refractivity contribution >= 4 is 29.4 Å². The summed E-state index contributed by atoms with van der Waals surface area (Å²) in [7, 11) is 0. The van der Waals surface area contributed by atoms with E-state index in [1.165, 1.54) is 0 Å². The molecule has 0 aliphatic heterocycles. The Kier molecular flexibility index (Phi) is 5.30. The quantitative estimate of drug-likeness (QED) is 0.737. The number of aliphatic carboxylic acids is 1. The van der Waals surface area contributed by atoms with Crippen LogP contribution in [0.5, 0.6) is 0 Å². The number of benzene rings is 1. The van der Waals surface area contributed by atoms with E-state index in [4.69, 9.17) is 27.2 Å². The summed E-state index contributed by atoms with van der Waals surface area (Å²) < 4.78 is 5.19. The fourth-order valence-corrected chi connectivity index (χ4v) is 2.35. The number of alkyl carbamates (subject to hydrolysis) is 1. The lowest BCUT2D eigenvalue weighted by Crippen LogP contribution is -2.47. The van der Waals surface area contributed by atoms with Crippen LogP contribution in [0.2, 0.25) is 5.02 Å². The van der Waals surface area contributed by atoms with Gasteiger partial charge in [0.2, 0.25) is 0 Å². The summed E-state index contributed by atoms with van der Waals surface area (Å²) in [5, 5.41) is 11.9. The van der Waals surface area contributed by atoms with Crippen molar-refractivity contribution in [3.8, 4) is 0 Å². The molecule has 1 aromatic rings. The predicted octanol–water partition coefficient (Wildman–Crippen LogP) is 3.14. The van der Waals surface area contributed by atoms with Crippen molar-refractivity contribution in [2.45, 2.75) is 45.3 Å². The van der Waals surface area contributed by atoms with Crippen molar-refractivity contribution in [2.75, 3.05) is 5.73 Å². The zero-order chi connectivity index (χ0) is 17.1. The van der Waals surface area contributed by atoms with Crippen molar-refractivity contribution in [3.05, 3.63) is 28.8 Å². The number of carboxylic acids is 1. The molecule has 0 fully saturated rings. The van der Waals surface area contributed by atoms with Crippen LogP contribution in [0.4, 0.5) is 10.5 Å². The van der Waals surface area contributed by atoms with Gasteiger partial charge in [0, 0.05) is 0 Å². The lowest BCUT2D eigenvalue weighted by molar-refractivity contribution is -0.138. The summed E-state index contributed by atoms with van der Waals surface area (Å²) in [6.07, 6.45) is -1.09. The number of carbonyl (C=O) groups excluding carboxylic acids is 1. The van der Waals surface area contributed by atoms with Crippen LogP contribution in [0.25, 0.3) is 0 Å². The SMILES string of the molecule is CC(C)(C)OC(=O)N[C@@](C)(CC(=O)O)c1cccc(N)c1Cl. The third-order valence-corrected chi connectivity index (χ3v) is 3.33. The molecule has 1 atom stereocenters. The van der Waals surface area contributed by atoms with Gasteiger partial charge in [-0.25, -0.2) is 4.79 Å². The highest BCUT2D eigenvalue weighted by Crippen LogP contribution is 2.34. The molecule has 1 rings (SSSR count). The normalized spacial score (nSPS) is 14.0. The third kappa shape index (κ3) is 4.80. The van der Waals surface area contributed by atoms with Gasteiger partial charge in [-0.05, 0) is 39.3 Å². The van der Waals surface area contributed by atoms with Crippen LogP contribution >= 0.6 is 11.6 Å². The minimum atomic E-state index is -1.25. The zero-order valence-electron chi connectivity index (χ0n) is 13.1. The smallest absolute Gasteiger partial charge is 0.408 e. The Bertz CT molecular complexity index is 583. The van der Waals surface area contributed by atoms with Crippen LogP contribution in [-0.4, -0.2) is 22.8 Å². The molecule has 0 saturated heterocycles. The van der Waals surface area contributed by atoms with Gasteiger partial charge in [-0.15, -0.1) is 0 Å².